The smallest absolute Gasteiger partial charge is 0.409 e. The van der Waals surface area contributed by atoms with E-state index in [9.17, 15) is 14.4 Å². The molecule has 1 aliphatic rings. The van der Waals surface area contributed by atoms with Gasteiger partial charge in [-0.2, -0.15) is 5.10 Å². The summed E-state index contributed by atoms with van der Waals surface area (Å²) in [4.78, 5) is 37.7. The van der Waals surface area contributed by atoms with Gasteiger partial charge in [0.2, 0.25) is 11.8 Å². The summed E-state index contributed by atoms with van der Waals surface area (Å²) in [6, 6.07) is 0.0605. The molecule has 0 unspecified atom stereocenters. The molecule has 0 saturated carbocycles. The van der Waals surface area contributed by atoms with Crippen LogP contribution in [0.5, 0.6) is 0 Å². The van der Waals surface area contributed by atoms with Crippen LogP contribution in [-0.4, -0.2) is 64.9 Å². The van der Waals surface area contributed by atoms with Gasteiger partial charge in [0.1, 0.15) is 5.15 Å². The zero-order chi connectivity index (χ0) is 24.4. The van der Waals surface area contributed by atoms with Crippen molar-refractivity contribution in [2.24, 2.45) is 5.92 Å². The summed E-state index contributed by atoms with van der Waals surface area (Å²) in [5.41, 5.74) is 1.51. The third kappa shape index (κ3) is 8.72. The molecule has 1 aliphatic heterocycles. The van der Waals surface area contributed by atoms with E-state index < -0.39 is 0 Å². The Morgan fingerprint density at radius 3 is 2.61 bits per heavy atom. The van der Waals surface area contributed by atoms with E-state index in [1.165, 1.54) is 6.08 Å². The van der Waals surface area contributed by atoms with E-state index in [1.54, 1.807) is 22.6 Å². The van der Waals surface area contributed by atoms with Crippen LogP contribution in [0.4, 0.5) is 4.79 Å². The molecule has 1 fully saturated rings. The van der Waals surface area contributed by atoms with Crippen LogP contribution >= 0.6 is 11.6 Å². The van der Waals surface area contributed by atoms with Crippen LogP contribution in [0.1, 0.15) is 57.7 Å². The molecule has 0 spiro atoms. The van der Waals surface area contributed by atoms with Gasteiger partial charge in [-0.1, -0.05) is 25.4 Å². The molecule has 0 aromatic carbocycles. The van der Waals surface area contributed by atoms with E-state index in [0.29, 0.717) is 69.5 Å². The zero-order valence-electron chi connectivity index (χ0n) is 20.0. The molecule has 33 heavy (non-hydrogen) atoms. The lowest BCUT2D eigenvalue weighted by Gasteiger charge is -2.31. The fourth-order valence-corrected chi connectivity index (χ4v) is 3.93. The third-order valence-electron chi connectivity index (χ3n) is 5.31. The Hall–Kier alpha value is -2.55. The molecule has 184 valence electrons. The van der Waals surface area contributed by atoms with Gasteiger partial charge in [0.05, 0.1) is 12.3 Å². The van der Waals surface area contributed by atoms with Crippen LogP contribution in [0.2, 0.25) is 5.15 Å². The van der Waals surface area contributed by atoms with Crippen LogP contribution in [0.25, 0.3) is 6.08 Å². The molecule has 10 heteroatoms. The van der Waals surface area contributed by atoms with Gasteiger partial charge in [-0.25, -0.2) is 4.79 Å². The van der Waals surface area contributed by atoms with Crippen LogP contribution in [0.3, 0.4) is 0 Å². The summed E-state index contributed by atoms with van der Waals surface area (Å²) in [7, 11) is 0. The third-order valence-corrected chi connectivity index (χ3v) is 5.71. The standard InChI is InChI=1S/C23H36ClN5O4/c1-5-33-23(32)28-13-10-18(11-14-28)26-21(31)7-6-12-25-20(30)9-8-19-17(4)27-29(22(19)24)15-16(2)3/h8-9,16,18H,5-7,10-15H2,1-4H3,(H,25,30)(H,26,31)/b9-8+. The number of ether oxygens (including phenoxy) is 1. The Morgan fingerprint density at radius 2 is 1.97 bits per heavy atom. The highest BCUT2D eigenvalue weighted by Crippen LogP contribution is 2.22. The van der Waals surface area contributed by atoms with Crippen LogP contribution < -0.4 is 10.6 Å². The van der Waals surface area contributed by atoms with Gasteiger partial charge in [-0.3, -0.25) is 14.3 Å². The number of carbonyl (C=O) groups is 3. The molecule has 0 atom stereocenters. The molecule has 3 amide bonds. The lowest BCUT2D eigenvalue weighted by Crippen LogP contribution is -2.46. The fraction of sp³-hybridized carbons (Fsp3) is 0.652. The molecule has 0 radical (unpaired) electrons. The Bertz CT molecular complexity index is 844. The maximum atomic E-state index is 12.2. The summed E-state index contributed by atoms with van der Waals surface area (Å²) >= 11 is 6.38. The van der Waals surface area contributed by atoms with E-state index in [0.717, 1.165) is 11.3 Å². The van der Waals surface area contributed by atoms with E-state index in [-0.39, 0.29) is 23.9 Å². The topological polar surface area (TPSA) is 106 Å². The van der Waals surface area contributed by atoms with Gasteiger partial charge in [0.15, 0.2) is 0 Å². The highest BCUT2D eigenvalue weighted by atomic mass is 35.5. The number of carbonyl (C=O) groups excluding carboxylic acids is 3. The largest absolute Gasteiger partial charge is 0.450 e. The van der Waals surface area contributed by atoms with Crippen molar-refractivity contribution in [1.82, 2.24) is 25.3 Å². The van der Waals surface area contributed by atoms with Crippen LogP contribution in [0, 0.1) is 12.8 Å². The first-order valence-corrected chi connectivity index (χ1v) is 12.0. The number of aryl methyl sites for hydroxylation is 1. The van der Waals surface area contributed by atoms with Crippen molar-refractivity contribution >= 4 is 35.6 Å². The quantitative estimate of drug-likeness (QED) is 0.394. The first kappa shape index (κ1) is 26.7. The van der Waals surface area contributed by atoms with E-state index in [4.69, 9.17) is 16.3 Å². The molecule has 9 nitrogen and oxygen atoms in total. The minimum absolute atomic E-state index is 0.0469. The normalized spacial score (nSPS) is 14.7. The summed E-state index contributed by atoms with van der Waals surface area (Å²) in [5.74, 6) is 0.125. The molecule has 2 heterocycles. The maximum Gasteiger partial charge on any atom is 0.409 e. The first-order valence-electron chi connectivity index (χ1n) is 11.6. The average Bonchev–Trinajstić information content (AvgIpc) is 3.02. The molecule has 2 N–H and O–H groups in total. The summed E-state index contributed by atoms with van der Waals surface area (Å²) in [5, 5.41) is 10.7. The SMILES string of the molecule is CCOC(=O)N1CCC(NC(=O)CCCNC(=O)/C=C/c2c(C)nn(CC(C)C)c2Cl)CC1. The number of nitrogens with zero attached hydrogens (tertiary/aromatic N) is 3. The lowest BCUT2D eigenvalue weighted by molar-refractivity contribution is -0.122. The Morgan fingerprint density at radius 1 is 1.27 bits per heavy atom. The molecule has 2 rings (SSSR count). The predicted molar refractivity (Wildman–Crippen MR) is 128 cm³/mol. The number of hydrogen-bond acceptors (Lipinski definition) is 5. The highest BCUT2D eigenvalue weighted by molar-refractivity contribution is 6.31. The van der Waals surface area contributed by atoms with Gasteiger partial charge in [0, 0.05) is 50.3 Å². The number of hydrogen-bond donors (Lipinski definition) is 2. The van der Waals surface area contributed by atoms with Crippen LogP contribution in [0.15, 0.2) is 6.08 Å². The second-order valence-electron chi connectivity index (χ2n) is 8.62. The van der Waals surface area contributed by atoms with Crippen molar-refractivity contribution in [1.29, 1.82) is 0 Å². The Labute approximate surface area is 200 Å². The first-order chi connectivity index (χ1) is 15.7. The van der Waals surface area contributed by atoms with Crippen molar-refractivity contribution in [2.45, 2.75) is 66.0 Å². The van der Waals surface area contributed by atoms with Crippen LogP contribution in [-0.2, 0) is 20.9 Å². The van der Waals surface area contributed by atoms with Crippen molar-refractivity contribution in [3.8, 4) is 0 Å². The number of likely N-dealkylation sites (tertiary alicyclic amines) is 1. The minimum Gasteiger partial charge on any atom is -0.450 e. The van der Waals surface area contributed by atoms with E-state index in [2.05, 4.69) is 29.6 Å². The van der Waals surface area contributed by atoms with Crippen molar-refractivity contribution < 1.29 is 19.1 Å². The molecule has 1 aromatic heterocycles. The number of rotatable bonds is 10. The number of nitrogens with one attached hydrogen (secondary N) is 2. The molecular formula is C23H36ClN5O4. The number of halogens is 1. The lowest BCUT2D eigenvalue weighted by atomic mass is 10.1. The summed E-state index contributed by atoms with van der Waals surface area (Å²) in [6.07, 6.45) is 5.10. The van der Waals surface area contributed by atoms with Crippen molar-refractivity contribution in [3.63, 3.8) is 0 Å². The second-order valence-corrected chi connectivity index (χ2v) is 8.98. The number of aromatic nitrogens is 2. The highest BCUT2D eigenvalue weighted by Gasteiger charge is 2.24. The molecule has 1 aromatic rings. The van der Waals surface area contributed by atoms with E-state index in [1.807, 2.05) is 6.92 Å². The molecule has 0 bridgehead atoms. The van der Waals surface area contributed by atoms with Gasteiger partial charge < -0.3 is 20.3 Å². The van der Waals surface area contributed by atoms with Gasteiger partial charge in [-0.05, 0) is 45.1 Å². The molecular weight excluding hydrogens is 446 g/mol. The number of amides is 3. The minimum atomic E-state index is -0.297. The Balaban J connectivity index is 1.66. The van der Waals surface area contributed by atoms with Crippen molar-refractivity contribution in [2.75, 3.05) is 26.2 Å². The zero-order valence-corrected chi connectivity index (χ0v) is 20.8. The summed E-state index contributed by atoms with van der Waals surface area (Å²) in [6.45, 7) is 10.4. The second kappa shape index (κ2) is 13.2. The van der Waals surface area contributed by atoms with E-state index >= 15 is 0 Å². The Kier molecular flexibility index (Phi) is 10.7. The van der Waals surface area contributed by atoms with Gasteiger partial charge >= 0.3 is 6.09 Å². The predicted octanol–water partition coefficient (Wildman–Crippen LogP) is 3.15. The summed E-state index contributed by atoms with van der Waals surface area (Å²) < 4.78 is 6.75. The van der Waals surface area contributed by atoms with Gasteiger partial charge in [-0.15, -0.1) is 0 Å². The monoisotopic (exact) mass is 481 g/mol. The maximum absolute atomic E-state index is 12.2. The molecule has 0 aliphatic carbocycles. The average molecular weight is 482 g/mol. The molecule has 1 saturated heterocycles. The van der Waals surface area contributed by atoms with Gasteiger partial charge in [0.25, 0.3) is 0 Å². The number of piperidine rings is 1. The van der Waals surface area contributed by atoms with Crippen molar-refractivity contribution in [3.05, 3.63) is 22.5 Å². The fourth-order valence-electron chi connectivity index (χ4n) is 3.62.